The van der Waals surface area contributed by atoms with Crippen molar-refractivity contribution in [3.8, 4) is 6.07 Å². The number of amides is 1. The number of hydrogen-bond acceptors (Lipinski definition) is 5. The summed E-state index contributed by atoms with van der Waals surface area (Å²) in [6, 6.07) is 15.0. The van der Waals surface area contributed by atoms with Crippen molar-refractivity contribution in [3.63, 3.8) is 0 Å². The van der Waals surface area contributed by atoms with Gasteiger partial charge in [-0.3, -0.25) is 14.9 Å². The molecule has 1 N–H and O–H groups in total. The first-order valence-corrected chi connectivity index (χ1v) is 8.51. The van der Waals surface area contributed by atoms with Gasteiger partial charge in [0, 0.05) is 36.6 Å². The molecule has 0 unspecified atom stereocenters. The van der Waals surface area contributed by atoms with E-state index >= 15 is 0 Å². The monoisotopic (exact) mass is 364 g/mol. The second-order valence-corrected chi connectivity index (χ2v) is 5.70. The highest BCUT2D eigenvalue weighted by Gasteiger charge is 2.12. The molecule has 138 valence electrons. The lowest BCUT2D eigenvalue weighted by atomic mass is 10.1. The van der Waals surface area contributed by atoms with E-state index in [0.29, 0.717) is 0 Å². The van der Waals surface area contributed by atoms with Crippen LogP contribution in [0.25, 0.3) is 6.08 Å². The molecule has 2 aromatic rings. The van der Waals surface area contributed by atoms with Crippen LogP contribution in [-0.2, 0) is 4.79 Å². The van der Waals surface area contributed by atoms with Crippen LogP contribution in [0, 0.1) is 21.4 Å². The minimum atomic E-state index is -0.620. The summed E-state index contributed by atoms with van der Waals surface area (Å²) in [5, 5.41) is 22.6. The average Bonchev–Trinajstić information content (AvgIpc) is 2.68. The maximum Gasteiger partial charge on any atom is 0.271 e. The Labute approximate surface area is 157 Å². The molecule has 0 aliphatic heterocycles. The molecule has 0 bridgehead atoms. The number of nitro groups is 1. The molecule has 1 amide bonds. The maximum absolute atomic E-state index is 12.3. The van der Waals surface area contributed by atoms with Gasteiger partial charge in [0.2, 0.25) is 0 Å². The molecule has 2 rings (SSSR count). The van der Waals surface area contributed by atoms with Crippen LogP contribution in [0.15, 0.2) is 54.1 Å². The Hall–Kier alpha value is -3.66. The molecule has 0 aromatic heterocycles. The fourth-order valence-corrected chi connectivity index (χ4v) is 2.58. The van der Waals surface area contributed by atoms with Crippen molar-refractivity contribution >= 4 is 29.0 Å². The molecule has 0 atom stereocenters. The molecule has 0 aliphatic carbocycles. The summed E-state index contributed by atoms with van der Waals surface area (Å²) in [5.41, 5.74) is 1.82. The molecule has 27 heavy (non-hydrogen) atoms. The third-order valence-electron chi connectivity index (χ3n) is 4.01. The number of nitriles is 1. The highest BCUT2D eigenvalue weighted by molar-refractivity contribution is 6.09. The number of hydrogen-bond donors (Lipinski definition) is 1. The number of nitrogens with one attached hydrogen (secondary N) is 1. The first-order chi connectivity index (χ1) is 13.0. The molecule has 0 spiro atoms. The number of carbonyl (C=O) groups excluding carboxylic acids is 1. The lowest BCUT2D eigenvalue weighted by molar-refractivity contribution is -0.384. The van der Waals surface area contributed by atoms with Crippen molar-refractivity contribution in [1.29, 1.82) is 5.26 Å². The Balaban J connectivity index is 2.18. The van der Waals surface area contributed by atoms with E-state index in [1.54, 1.807) is 0 Å². The van der Waals surface area contributed by atoms with Gasteiger partial charge in [-0.1, -0.05) is 18.2 Å². The van der Waals surface area contributed by atoms with Crippen LogP contribution in [0.5, 0.6) is 0 Å². The summed E-state index contributed by atoms with van der Waals surface area (Å²) in [5.74, 6) is -0.620. The Morgan fingerprint density at radius 3 is 2.44 bits per heavy atom. The van der Waals surface area contributed by atoms with Gasteiger partial charge in [0.05, 0.1) is 4.92 Å². The molecule has 7 heteroatoms. The van der Waals surface area contributed by atoms with Crippen LogP contribution in [0.3, 0.4) is 0 Å². The molecule has 0 heterocycles. The lowest BCUT2D eigenvalue weighted by Crippen LogP contribution is -2.21. The summed E-state index contributed by atoms with van der Waals surface area (Å²) in [7, 11) is 0. The highest BCUT2D eigenvalue weighted by atomic mass is 16.6. The standard InChI is InChI=1S/C20H20N4O3/c1-3-23(4-2)18-10-8-15(9-11-18)12-16(14-21)20(25)22-17-6-5-7-19(13-17)24(26)27/h5-13H,3-4H2,1-2H3,(H,22,25). The van der Waals surface area contributed by atoms with Gasteiger partial charge in [0.1, 0.15) is 11.6 Å². The zero-order valence-corrected chi connectivity index (χ0v) is 15.2. The SMILES string of the molecule is CCN(CC)c1ccc(C=C(C#N)C(=O)Nc2cccc([N+](=O)[O-])c2)cc1. The van der Waals surface area contributed by atoms with E-state index in [2.05, 4.69) is 24.1 Å². The number of anilines is 2. The van der Waals surface area contributed by atoms with E-state index in [4.69, 9.17) is 0 Å². The molecular formula is C20H20N4O3. The first-order valence-electron chi connectivity index (χ1n) is 8.51. The number of non-ortho nitro benzene ring substituents is 1. The van der Waals surface area contributed by atoms with Crippen LogP contribution < -0.4 is 10.2 Å². The predicted molar refractivity (Wildman–Crippen MR) is 105 cm³/mol. The van der Waals surface area contributed by atoms with Gasteiger partial charge in [-0.2, -0.15) is 5.26 Å². The average molecular weight is 364 g/mol. The Bertz CT molecular complexity index is 894. The van der Waals surface area contributed by atoms with Crippen molar-refractivity contribution in [2.75, 3.05) is 23.3 Å². The molecule has 0 saturated carbocycles. The zero-order chi connectivity index (χ0) is 19.8. The Morgan fingerprint density at radius 1 is 1.22 bits per heavy atom. The fourth-order valence-electron chi connectivity index (χ4n) is 2.58. The van der Waals surface area contributed by atoms with Crippen molar-refractivity contribution in [3.05, 3.63) is 69.8 Å². The first kappa shape index (κ1) is 19.7. The summed E-state index contributed by atoms with van der Waals surface area (Å²) >= 11 is 0. The molecule has 0 fully saturated rings. The van der Waals surface area contributed by atoms with Gasteiger partial charge in [-0.15, -0.1) is 0 Å². The van der Waals surface area contributed by atoms with Crippen molar-refractivity contribution < 1.29 is 9.72 Å². The van der Waals surface area contributed by atoms with Gasteiger partial charge >= 0.3 is 0 Å². The fraction of sp³-hybridized carbons (Fsp3) is 0.200. The van der Waals surface area contributed by atoms with Gasteiger partial charge in [-0.05, 0) is 43.7 Å². The third kappa shape index (κ3) is 5.16. The normalized spacial score (nSPS) is 10.8. The van der Waals surface area contributed by atoms with Gasteiger partial charge < -0.3 is 10.2 Å². The van der Waals surface area contributed by atoms with E-state index in [0.717, 1.165) is 24.3 Å². The molecular weight excluding hydrogens is 344 g/mol. The highest BCUT2D eigenvalue weighted by Crippen LogP contribution is 2.19. The quantitative estimate of drug-likeness (QED) is 0.347. The smallest absolute Gasteiger partial charge is 0.271 e. The van der Waals surface area contributed by atoms with E-state index in [1.165, 1.54) is 30.3 Å². The van der Waals surface area contributed by atoms with E-state index < -0.39 is 10.8 Å². The lowest BCUT2D eigenvalue weighted by Gasteiger charge is -2.20. The molecule has 7 nitrogen and oxygen atoms in total. The minimum absolute atomic E-state index is 0.0860. The number of nitrogens with zero attached hydrogens (tertiary/aromatic N) is 3. The zero-order valence-electron chi connectivity index (χ0n) is 15.2. The largest absolute Gasteiger partial charge is 0.372 e. The van der Waals surface area contributed by atoms with E-state index in [-0.39, 0.29) is 16.9 Å². The van der Waals surface area contributed by atoms with Crippen molar-refractivity contribution in [2.24, 2.45) is 0 Å². The van der Waals surface area contributed by atoms with Crippen LogP contribution in [-0.4, -0.2) is 23.9 Å². The van der Waals surface area contributed by atoms with E-state index in [1.807, 2.05) is 30.3 Å². The van der Waals surface area contributed by atoms with Gasteiger partial charge in [-0.25, -0.2) is 0 Å². The van der Waals surface area contributed by atoms with Crippen molar-refractivity contribution in [2.45, 2.75) is 13.8 Å². The summed E-state index contributed by atoms with van der Waals surface area (Å²) in [4.78, 5) is 24.8. The summed E-state index contributed by atoms with van der Waals surface area (Å²) < 4.78 is 0. The predicted octanol–water partition coefficient (Wildman–Crippen LogP) is 3.99. The Kier molecular flexibility index (Phi) is 6.67. The topological polar surface area (TPSA) is 99.3 Å². The molecule has 0 aliphatic rings. The van der Waals surface area contributed by atoms with Crippen LogP contribution in [0.1, 0.15) is 19.4 Å². The number of carbonyl (C=O) groups is 1. The van der Waals surface area contributed by atoms with Crippen LogP contribution in [0.4, 0.5) is 17.1 Å². The second-order valence-electron chi connectivity index (χ2n) is 5.70. The Morgan fingerprint density at radius 2 is 1.89 bits per heavy atom. The minimum Gasteiger partial charge on any atom is -0.372 e. The van der Waals surface area contributed by atoms with Gasteiger partial charge in [0.25, 0.3) is 11.6 Å². The molecule has 0 saturated heterocycles. The van der Waals surface area contributed by atoms with Crippen LogP contribution in [0.2, 0.25) is 0 Å². The summed E-state index contributed by atoms with van der Waals surface area (Å²) in [6.45, 7) is 5.92. The third-order valence-corrected chi connectivity index (χ3v) is 4.01. The maximum atomic E-state index is 12.3. The number of nitro benzene ring substituents is 1. The van der Waals surface area contributed by atoms with E-state index in [9.17, 15) is 20.2 Å². The molecule has 2 aromatic carbocycles. The van der Waals surface area contributed by atoms with Crippen molar-refractivity contribution in [1.82, 2.24) is 0 Å². The molecule has 0 radical (unpaired) electrons. The van der Waals surface area contributed by atoms with Crippen LogP contribution >= 0.6 is 0 Å². The second kappa shape index (κ2) is 9.15. The summed E-state index contributed by atoms with van der Waals surface area (Å²) in [6.07, 6.45) is 1.48. The number of rotatable bonds is 7. The number of benzene rings is 2. The van der Waals surface area contributed by atoms with Gasteiger partial charge in [0.15, 0.2) is 0 Å².